The number of rotatable bonds is 7. The molecule has 1 saturated heterocycles. The Kier molecular flexibility index (Phi) is 7.24. The van der Waals surface area contributed by atoms with Crippen LogP contribution in [0.2, 0.25) is 0 Å². The minimum atomic E-state index is -3.50. The molecule has 1 aromatic rings. The van der Waals surface area contributed by atoms with Crippen LogP contribution in [0.25, 0.3) is 0 Å². The molecule has 1 heterocycles. The molecule has 0 spiro atoms. The Balaban J connectivity index is 1.95. The first kappa shape index (κ1) is 18.9. The summed E-state index contributed by atoms with van der Waals surface area (Å²) in [6.45, 7) is 3.87. The third-order valence-electron chi connectivity index (χ3n) is 4.37. The number of Topliss-reactive ketones (excluding diaryl/α,β-unsaturated/α-hetero) is 1. The summed E-state index contributed by atoms with van der Waals surface area (Å²) in [5, 5.41) is 0. The molecule has 0 saturated carbocycles. The Morgan fingerprint density at radius 2 is 1.62 bits per heavy atom. The van der Waals surface area contributed by atoms with E-state index in [9.17, 15) is 13.2 Å². The molecular formula is C18H28N2O3S. The van der Waals surface area contributed by atoms with Gasteiger partial charge < -0.3 is 9.69 Å². The predicted molar refractivity (Wildman–Crippen MR) is 96.8 cm³/mol. The van der Waals surface area contributed by atoms with E-state index in [1.54, 1.807) is 12.1 Å². The molecule has 1 aromatic carbocycles. The van der Waals surface area contributed by atoms with E-state index in [1.165, 1.54) is 39.0 Å². The van der Waals surface area contributed by atoms with E-state index in [1.807, 2.05) is 12.1 Å². The molecule has 0 radical (unpaired) electrons. The van der Waals surface area contributed by atoms with Gasteiger partial charge in [-0.2, -0.15) is 0 Å². The highest BCUT2D eigenvalue weighted by Gasteiger charge is 2.15. The van der Waals surface area contributed by atoms with Gasteiger partial charge in [-0.1, -0.05) is 19.3 Å². The fourth-order valence-electron chi connectivity index (χ4n) is 2.97. The van der Waals surface area contributed by atoms with E-state index in [4.69, 9.17) is 0 Å². The van der Waals surface area contributed by atoms with E-state index in [0.29, 0.717) is 12.8 Å². The predicted octanol–water partition coefficient (Wildman–Crippen LogP) is 3.10. The van der Waals surface area contributed by atoms with Crippen LogP contribution in [0.15, 0.2) is 29.2 Å². The Bertz CT molecular complexity index is 618. The van der Waals surface area contributed by atoms with Crippen molar-refractivity contribution in [3.05, 3.63) is 24.3 Å². The molecule has 134 valence electrons. The number of nitrogens with one attached hydrogen (secondary N) is 1. The molecule has 1 aliphatic rings. The number of anilines is 1. The van der Waals surface area contributed by atoms with Crippen molar-refractivity contribution in [1.29, 1.82) is 0 Å². The maximum absolute atomic E-state index is 12.3. The third-order valence-corrected chi connectivity index (χ3v) is 5.84. The Labute approximate surface area is 145 Å². The second-order valence-corrected chi connectivity index (χ2v) is 8.22. The van der Waals surface area contributed by atoms with Crippen molar-refractivity contribution in [2.24, 2.45) is 0 Å². The second kappa shape index (κ2) is 9.18. The average Bonchev–Trinajstić information content (AvgIpc) is 2.51. The molecule has 2 rings (SSSR count). The SMILES string of the molecule is CC(=O)CCCNS(=O)(=O)c1ccc(N2CCCCCCC2)cc1. The fourth-order valence-corrected chi connectivity index (χ4v) is 4.04. The minimum absolute atomic E-state index is 0.0757. The van der Waals surface area contributed by atoms with Gasteiger partial charge in [0.1, 0.15) is 5.78 Å². The molecular weight excluding hydrogens is 324 g/mol. The summed E-state index contributed by atoms with van der Waals surface area (Å²) in [5.74, 6) is 0.0757. The average molecular weight is 353 g/mol. The van der Waals surface area contributed by atoms with Crippen molar-refractivity contribution in [3.8, 4) is 0 Å². The first-order valence-electron chi connectivity index (χ1n) is 8.83. The monoisotopic (exact) mass is 352 g/mol. The second-order valence-electron chi connectivity index (χ2n) is 6.45. The van der Waals surface area contributed by atoms with E-state index in [-0.39, 0.29) is 17.2 Å². The van der Waals surface area contributed by atoms with Crippen molar-refractivity contribution < 1.29 is 13.2 Å². The van der Waals surface area contributed by atoms with Crippen molar-refractivity contribution in [1.82, 2.24) is 4.72 Å². The largest absolute Gasteiger partial charge is 0.372 e. The lowest BCUT2D eigenvalue weighted by molar-refractivity contribution is -0.117. The zero-order valence-corrected chi connectivity index (χ0v) is 15.3. The van der Waals surface area contributed by atoms with Crippen molar-refractivity contribution in [2.75, 3.05) is 24.5 Å². The van der Waals surface area contributed by atoms with Gasteiger partial charge in [0.25, 0.3) is 0 Å². The number of benzene rings is 1. The lowest BCUT2D eigenvalue weighted by Gasteiger charge is -2.27. The summed E-state index contributed by atoms with van der Waals surface area (Å²) in [6, 6.07) is 7.13. The highest BCUT2D eigenvalue weighted by molar-refractivity contribution is 7.89. The molecule has 24 heavy (non-hydrogen) atoms. The topological polar surface area (TPSA) is 66.5 Å². The molecule has 0 aromatic heterocycles. The van der Waals surface area contributed by atoms with Crippen LogP contribution in [-0.2, 0) is 14.8 Å². The normalized spacial score (nSPS) is 16.5. The summed E-state index contributed by atoms with van der Waals surface area (Å²) in [5.41, 5.74) is 1.09. The molecule has 6 heteroatoms. The van der Waals surface area contributed by atoms with Gasteiger partial charge in [0.05, 0.1) is 4.90 Å². The van der Waals surface area contributed by atoms with Gasteiger partial charge in [-0.25, -0.2) is 13.1 Å². The van der Waals surface area contributed by atoms with E-state index >= 15 is 0 Å². The lowest BCUT2D eigenvalue weighted by atomic mass is 10.1. The first-order valence-corrected chi connectivity index (χ1v) is 10.3. The fraction of sp³-hybridized carbons (Fsp3) is 0.611. The summed E-state index contributed by atoms with van der Waals surface area (Å²) in [4.78, 5) is 13.5. The van der Waals surface area contributed by atoms with Crippen LogP contribution in [0.4, 0.5) is 5.69 Å². The van der Waals surface area contributed by atoms with E-state index in [0.717, 1.165) is 18.8 Å². The smallest absolute Gasteiger partial charge is 0.240 e. The molecule has 0 unspecified atom stereocenters. The van der Waals surface area contributed by atoms with Crippen molar-refractivity contribution in [3.63, 3.8) is 0 Å². The van der Waals surface area contributed by atoms with Gasteiger partial charge in [0, 0.05) is 31.7 Å². The van der Waals surface area contributed by atoms with Crippen LogP contribution in [-0.4, -0.2) is 33.8 Å². The van der Waals surface area contributed by atoms with Crippen LogP contribution < -0.4 is 9.62 Å². The van der Waals surface area contributed by atoms with E-state index in [2.05, 4.69) is 9.62 Å². The van der Waals surface area contributed by atoms with Crippen LogP contribution in [0.1, 0.15) is 51.9 Å². The lowest BCUT2D eigenvalue weighted by Crippen LogP contribution is -2.27. The van der Waals surface area contributed by atoms with Gasteiger partial charge in [-0.05, 0) is 50.5 Å². The molecule has 0 bridgehead atoms. The number of nitrogens with zero attached hydrogens (tertiary/aromatic N) is 1. The molecule has 1 aliphatic heterocycles. The van der Waals surface area contributed by atoms with Crippen LogP contribution in [0.5, 0.6) is 0 Å². The Hall–Kier alpha value is -1.40. The first-order chi connectivity index (χ1) is 11.5. The number of hydrogen-bond acceptors (Lipinski definition) is 4. The summed E-state index contributed by atoms with van der Waals surface area (Å²) >= 11 is 0. The number of hydrogen-bond donors (Lipinski definition) is 1. The van der Waals surface area contributed by atoms with Gasteiger partial charge in [-0.3, -0.25) is 0 Å². The third kappa shape index (κ3) is 5.91. The molecule has 5 nitrogen and oxygen atoms in total. The highest BCUT2D eigenvalue weighted by Crippen LogP contribution is 2.21. The Morgan fingerprint density at radius 1 is 1.04 bits per heavy atom. The van der Waals surface area contributed by atoms with Crippen molar-refractivity contribution in [2.45, 2.75) is 56.8 Å². The summed E-state index contributed by atoms with van der Waals surface area (Å²) in [7, 11) is -3.50. The summed E-state index contributed by atoms with van der Waals surface area (Å²) < 4.78 is 27.1. The van der Waals surface area contributed by atoms with Gasteiger partial charge >= 0.3 is 0 Å². The van der Waals surface area contributed by atoms with Crippen LogP contribution >= 0.6 is 0 Å². The Morgan fingerprint density at radius 3 is 2.21 bits per heavy atom. The van der Waals surface area contributed by atoms with Crippen LogP contribution in [0.3, 0.4) is 0 Å². The molecule has 1 fully saturated rings. The molecule has 0 amide bonds. The minimum Gasteiger partial charge on any atom is -0.372 e. The number of ketones is 1. The zero-order valence-electron chi connectivity index (χ0n) is 14.5. The van der Waals surface area contributed by atoms with Crippen LogP contribution in [0, 0.1) is 0 Å². The van der Waals surface area contributed by atoms with E-state index < -0.39 is 10.0 Å². The highest BCUT2D eigenvalue weighted by atomic mass is 32.2. The van der Waals surface area contributed by atoms with Gasteiger partial charge in [0.2, 0.25) is 10.0 Å². The zero-order chi connectivity index (χ0) is 17.4. The van der Waals surface area contributed by atoms with Gasteiger partial charge in [-0.15, -0.1) is 0 Å². The number of carbonyl (C=O) groups is 1. The number of sulfonamides is 1. The van der Waals surface area contributed by atoms with Gasteiger partial charge in [0.15, 0.2) is 0 Å². The molecule has 1 N–H and O–H groups in total. The summed E-state index contributed by atoms with van der Waals surface area (Å²) in [6.07, 6.45) is 7.17. The maximum atomic E-state index is 12.3. The molecule has 0 atom stereocenters. The maximum Gasteiger partial charge on any atom is 0.240 e. The molecule has 0 aliphatic carbocycles. The standard InChI is InChI=1S/C18H28N2O3S/c1-16(21)8-7-13-19-24(22,23)18-11-9-17(10-12-18)20-14-5-3-2-4-6-15-20/h9-12,19H,2-8,13-15H2,1H3. The quantitative estimate of drug-likeness (QED) is 0.766. The van der Waals surface area contributed by atoms with Crippen molar-refractivity contribution >= 4 is 21.5 Å². The number of carbonyl (C=O) groups excluding carboxylic acids is 1.